The van der Waals surface area contributed by atoms with E-state index in [0.717, 1.165) is 18.7 Å². The molecule has 0 saturated carbocycles. The van der Waals surface area contributed by atoms with E-state index in [1.807, 2.05) is 6.07 Å². The standard InChI is InChI=1S/C13H18N6O2/c1-14-11-16-12(15-8-10-2-5-21-9-10)18-13(17-11)19-3-6-20-7-4-19/h2,5,9H,3-4,6-8H2,1H3,(H2,14,15,16,17,18). The lowest BCUT2D eigenvalue weighted by Crippen LogP contribution is -2.37. The molecular formula is C13H18N6O2. The van der Waals surface area contributed by atoms with Gasteiger partial charge in [0.05, 0.1) is 25.7 Å². The van der Waals surface area contributed by atoms with Crippen molar-refractivity contribution >= 4 is 17.8 Å². The molecule has 8 heteroatoms. The molecular weight excluding hydrogens is 272 g/mol. The molecule has 0 bridgehead atoms. The third-order valence-electron chi connectivity index (χ3n) is 3.17. The highest BCUT2D eigenvalue weighted by atomic mass is 16.5. The molecule has 2 N–H and O–H groups in total. The smallest absolute Gasteiger partial charge is 0.232 e. The summed E-state index contributed by atoms with van der Waals surface area (Å²) in [6.07, 6.45) is 3.33. The predicted molar refractivity (Wildman–Crippen MR) is 78.4 cm³/mol. The van der Waals surface area contributed by atoms with Crippen LogP contribution in [0.15, 0.2) is 23.0 Å². The van der Waals surface area contributed by atoms with Crippen molar-refractivity contribution in [2.75, 3.05) is 48.9 Å². The Labute approximate surface area is 122 Å². The molecule has 8 nitrogen and oxygen atoms in total. The molecule has 2 aromatic heterocycles. The second-order valence-corrected chi connectivity index (χ2v) is 4.62. The van der Waals surface area contributed by atoms with Gasteiger partial charge in [0.1, 0.15) is 0 Å². The van der Waals surface area contributed by atoms with Gasteiger partial charge in [-0.15, -0.1) is 0 Å². The molecule has 0 aliphatic carbocycles. The van der Waals surface area contributed by atoms with Crippen molar-refractivity contribution in [2.45, 2.75) is 6.54 Å². The Morgan fingerprint density at radius 3 is 2.71 bits per heavy atom. The third-order valence-corrected chi connectivity index (χ3v) is 3.17. The van der Waals surface area contributed by atoms with Crippen molar-refractivity contribution in [1.82, 2.24) is 15.0 Å². The van der Waals surface area contributed by atoms with E-state index in [4.69, 9.17) is 9.15 Å². The van der Waals surface area contributed by atoms with Crippen molar-refractivity contribution in [2.24, 2.45) is 0 Å². The van der Waals surface area contributed by atoms with E-state index in [9.17, 15) is 0 Å². The Hall–Kier alpha value is -2.35. The molecule has 1 saturated heterocycles. The normalized spacial score (nSPS) is 15.0. The Kier molecular flexibility index (Phi) is 4.15. The summed E-state index contributed by atoms with van der Waals surface area (Å²) in [6.45, 7) is 3.56. The molecule has 0 amide bonds. The second kappa shape index (κ2) is 6.40. The molecule has 0 spiro atoms. The highest BCUT2D eigenvalue weighted by Crippen LogP contribution is 2.15. The highest BCUT2D eigenvalue weighted by molar-refractivity contribution is 5.44. The molecule has 112 valence electrons. The number of ether oxygens (including phenoxy) is 1. The summed E-state index contributed by atoms with van der Waals surface area (Å²) in [5.41, 5.74) is 1.04. The topological polar surface area (TPSA) is 88.3 Å². The fourth-order valence-electron chi connectivity index (χ4n) is 2.03. The van der Waals surface area contributed by atoms with Gasteiger partial charge in [0.25, 0.3) is 0 Å². The summed E-state index contributed by atoms with van der Waals surface area (Å²) < 4.78 is 10.4. The van der Waals surface area contributed by atoms with Crippen LogP contribution >= 0.6 is 0 Å². The maximum absolute atomic E-state index is 5.35. The number of rotatable bonds is 5. The van der Waals surface area contributed by atoms with E-state index in [1.54, 1.807) is 19.6 Å². The zero-order valence-corrected chi connectivity index (χ0v) is 11.9. The van der Waals surface area contributed by atoms with Gasteiger partial charge in [-0.1, -0.05) is 0 Å². The van der Waals surface area contributed by atoms with Gasteiger partial charge in [0.2, 0.25) is 17.8 Å². The largest absolute Gasteiger partial charge is 0.472 e. The number of hydrogen-bond donors (Lipinski definition) is 2. The molecule has 3 heterocycles. The van der Waals surface area contributed by atoms with E-state index >= 15 is 0 Å². The van der Waals surface area contributed by atoms with Crippen LogP contribution in [-0.4, -0.2) is 48.3 Å². The Morgan fingerprint density at radius 2 is 2.00 bits per heavy atom. The van der Waals surface area contributed by atoms with E-state index in [-0.39, 0.29) is 0 Å². The first kappa shape index (κ1) is 13.6. The van der Waals surface area contributed by atoms with E-state index in [0.29, 0.717) is 37.6 Å². The summed E-state index contributed by atoms with van der Waals surface area (Å²) in [4.78, 5) is 15.3. The maximum atomic E-state index is 5.35. The van der Waals surface area contributed by atoms with Gasteiger partial charge in [-0.3, -0.25) is 0 Å². The van der Waals surface area contributed by atoms with Crippen LogP contribution in [0.5, 0.6) is 0 Å². The third kappa shape index (κ3) is 3.40. The molecule has 3 rings (SSSR count). The number of anilines is 3. The summed E-state index contributed by atoms with van der Waals surface area (Å²) in [7, 11) is 1.79. The fourth-order valence-corrected chi connectivity index (χ4v) is 2.03. The van der Waals surface area contributed by atoms with Crippen LogP contribution in [0, 0.1) is 0 Å². The zero-order valence-electron chi connectivity index (χ0n) is 11.9. The molecule has 0 radical (unpaired) electrons. The molecule has 0 atom stereocenters. The first-order chi connectivity index (χ1) is 10.3. The van der Waals surface area contributed by atoms with Crippen LogP contribution in [-0.2, 0) is 11.3 Å². The minimum Gasteiger partial charge on any atom is -0.472 e. The van der Waals surface area contributed by atoms with Crippen LogP contribution < -0.4 is 15.5 Å². The average molecular weight is 290 g/mol. The Balaban J connectivity index is 1.75. The van der Waals surface area contributed by atoms with Crippen LogP contribution in [0.2, 0.25) is 0 Å². The second-order valence-electron chi connectivity index (χ2n) is 4.62. The molecule has 0 aromatic carbocycles. The summed E-state index contributed by atoms with van der Waals surface area (Å²) in [6, 6.07) is 1.90. The van der Waals surface area contributed by atoms with Crippen LogP contribution in [0.25, 0.3) is 0 Å². The minimum absolute atomic E-state index is 0.539. The van der Waals surface area contributed by atoms with Crippen molar-refractivity contribution in [3.63, 3.8) is 0 Å². The monoisotopic (exact) mass is 290 g/mol. The van der Waals surface area contributed by atoms with Crippen molar-refractivity contribution < 1.29 is 9.15 Å². The molecule has 1 fully saturated rings. The van der Waals surface area contributed by atoms with E-state index in [2.05, 4.69) is 30.5 Å². The van der Waals surface area contributed by atoms with Gasteiger partial charge >= 0.3 is 0 Å². The van der Waals surface area contributed by atoms with Crippen LogP contribution in [0.1, 0.15) is 5.56 Å². The van der Waals surface area contributed by atoms with Crippen molar-refractivity contribution in [1.29, 1.82) is 0 Å². The van der Waals surface area contributed by atoms with Gasteiger partial charge in [0.15, 0.2) is 0 Å². The van der Waals surface area contributed by atoms with Crippen LogP contribution in [0.3, 0.4) is 0 Å². The quantitative estimate of drug-likeness (QED) is 0.841. The number of morpholine rings is 1. The van der Waals surface area contributed by atoms with Gasteiger partial charge in [-0.25, -0.2) is 0 Å². The summed E-state index contributed by atoms with van der Waals surface area (Å²) >= 11 is 0. The van der Waals surface area contributed by atoms with E-state index in [1.165, 1.54) is 0 Å². The maximum Gasteiger partial charge on any atom is 0.232 e. The average Bonchev–Trinajstić information content (AvgIpc) is 3.07. The van der Waals surface area contributed by atoms with E-state index < -0.39 is 0 Å². The highest BCUT2D eigenvalue weighted by Gasteiger charge is 2.16. The molecule has 1 aliphatic rings. The SMILES string of the molecule is CNc1nc(NCc2ccoc2)nc(N2CCOCC2)n1. The predicted octanol–water partition coefficient (Wildman–Crippen LogP) is 0.955. The molecule has 0 unspecified atom stereocenters. The van der Waals surface area contributed by atoms with Crippen molar-refractivity contribution in [3.8, 4) is 0 Å². The lowest BCUT2D eigenvalue weighted by molar-refractivity contribution is 0.122. The number of hydrogen-bond acceptors (Lipinski definition) is 8. The van der Waals surface area contributed by atoms with Gasteiger partial charge < -0.3 is 24.7 Å². The Bertz CT molecular complexity index is 568. The first-order valence-electron chi connectivity index (χ1n) is 6.86. The number of furan rings is 1. The van der Waals surface area contributed by atoms with Gasteiger partial charge in [-0.2, -0.15) is 15.0 Å². The number of aromatic nitrogens is 3. The number of nitrogens with zero attached hydrogens (tertiary/aromatic N) is 4. The molecule has 21 heavy (non-hydrogen) atoms. The fraction of sp³-hybridized carbons (Fsp3) is 0.462. The molecule has 1 aliphatic heterocycles. The molecule has 2 aromatic rings. The minimum atomic E-state index is 0.539. The number of nitrogens with one attached hydrogen (secondary N) is 2. The summed E-state index contributed by atoms with van der Waals surface area (Å²) in [5, 5.41) is 6.14. The lowest BCUT2D eigenvalue weighted by atomic mass is 10.3. The first-order valence-corrected chi connectivity index (χ1v) is 6.86. The summed E-state index contributed by atoms with van der Waals surface area (Å²) in [5.74, 6) is 1.74. The van der Waals surface area contributed by atoms with Gasteiger partial charge in [0, 0.05) is 32.2 Å². The Morgan fingerprint density at radius 1 is 1.19 bits per heavy atom. The van der Waals surface area contributed by atoms with Crippen LogP contribution in [0.4, 0.5) is 17.8 Å². The van der Waals surface area contributed by atoms with Gasteiger partial charge in [-0.05, 0) is 6.07 Å². The lowest BCUT2D eigenvalue weighted by Gasteiger charge is -2.27. The van der Waals surface area contributed by atoms with Crippen molar-refractivity contribution in [3.05, 3.63) is 24.2 Å². The zero-order chi connectivity index (χ0) is 14.5.